The number of aryl methyl sites for hydroxylation is 1. The fourth-order valence-corrected chi connectivity index (χ4v) is 4.49. The van der Waals surface area contributed by atoms with Gasteiger partial charge in [-0.25, -0.2) is 0 Å². The number of carbonyl (C=O) groups is 2. The lowest BCUT2D eigenvalue weighted by Gasteiger charge is -2.32. The fourth-order valence-electron chi connectivity index (χ4n) is 4.49. The monoisotopic (exact) mass is 389 g/mol. The van der Waals surface area contributed by atoms with Crippen LogP contribution in [0.2, 0.25) is 0 Å². The van der Waals surface area contributed by atoms with Crippen molar-refractivity contribution < 1.29 is 9.59 Å². The van der Waals surface area contributed by atoms with Crippen LogP contribution in [-0.2, 0) is 16.0 Å². The van der Waals surface area contributed by atoms with Gasteiger partial charge in [-0.15, -0.1) is 0 Å². The molecule has 28 heavy (non-hydrogen) atoms. The first-order valence-corrected chi connectivity index (χ1v) is 10.9. The summed E-state index contributed by atoms with van der Waals surface area (Å²) < 4.78 is 0. The third-order valence-corrected chi connectivity index (χ3v) is 6.37. The average molecular weight is 390 g/mol. The maximum Gasteiger partial charge on any atom is 0.222 e. The molecule has 2 fully saturated rings. The Morgan fingerprint density at radius 2 is 2.04 bits per heavy atom. The summed E-state index contributed by atoms with van der Waals surface area (Å²) in [5.74, 6) is 0.971. The Morgan fingerprint density at radius 3 is 2.75 bits per heavy atom. The van der Waals surface area contributed by atoms with Crippen LogP contribution in [0.15, 0.2) is 12.4 Å². The quantitative estimate of drug-likeness (QED) is 0.676. The molecule has 0 aliphatic carbocycles. The first-order valence-electron chi connectivity index (χ1n) is 10.9. The van der Waals surface area contributed by atoms with E-state index in [2.05, 4.69) is 27.3 Å². The number of nitrogens with one attached hydrogen (secondary N) is 2. The number of rotatable bonds is 9. The number of likely N-dealkylation sites (tertiary alicyclic amines) is 2. The highest BCUT2D eigenvalue weighted by Crippen LogP contribution is 2.23. The second-order valence-electron chi connectivity index (χ2n) is 8.20. The molecule has 0 aromatic carbocycles. The molecule has 2 amide bonds. The number of carbonyl (C=O) groups excluding carboxylic acids is 2. The predicted molar refractivity (Wildman–Crippen MR) is 109 cm³/mol. The Hall–Kier alpha value is -1.89. The van der Waals surface area contributed by atoms with Crippen molar-refractivity contribution in [1.29, 1.82) is 0 Å². The van der Waals surface area contributed by atoms with E-state index in [1.807, 2.05) is 11.1 Å². The van der Waals surface area contributed by atoms with Crippen LogP contribution >= 0.6 is 0 Å². The number of hydrogen-bond acceptors (Lipinski definition) is 4. The molecule has 1 aromatic rings. The van der Waals surface area contributed by atoms with Gasteiger partial charge in [0.05, 0.1) is 6.20 Å². The summed E-state index contributed by atoms with van der Waals surface area (Å²) in [5, 5.41) is 9.83. The van der Waals surface area contributed by atoms with Crippen LogP contribution < -0.4 is 5.32 Å². The van der Waals surface area contributed by atoms with Gasteiger partial charge in [0.25, 0.3) is 0 Å². The number of aromatic amines is 1. The Labute approximate surface area is 168 Å². The molecule has 0 bridgehead atoms. The Bertz CT molecular complexity index is 610. The van der Waals surface area contributed by atoms with Gasteiger partial charge in [0.2, 0.25) is 11.8 Å². The summed E-state index contributed by atoms with van der Waals surface area (Å²) in [5.41, 5.74) is 1.08. The smallest absolute Gasteiger partial charge is 0.222 e. The molecular formula is C21H35N5O2. The largest absolute Gasteiger partial charge is 0.355 e. The topological polar surface area (TPSA) is 81.3 Å². The molecule has 2 N–H and O–H groups in total. The highest BCUT2D eigenvalue weighted by molar-refractivity contribution is 5.76. The van der Waals surface area contributed by atoms with Gasteiger partial charge in [0.15, 0.2) is 0 Å². The molecule has 2 aliphatic heterocycles. The number of piperidine rings is 1. The maximum atomic E-state index is 12.4. The van der Waals surface area contributed by atoms with E-state index in [0.29, 0.717) is 24.8 Å². The standard InChI is InChI=1S/C21H35N5O2/c1-2-25-11-3-4-19(25)16-22-20(27)7-5-17-9-12-26(13-10-17)21(28)8-6-18-14-23-24-15-18/h14-15,17,19H,2-13,16H2,1H3,(H,22,27)(H,23,24)/t19-/m1/s1. The van der Waals surface area contributed by atoms with E-state index >= 15 is 0 Å². The number of hydrogen-bond donors (Lipinski definition) is 2. The van der Waals surface area contributed by atoms with Gasteiger partial charge >= 0.3 is 0 Å². The molecule has 7 nitrogen and oxygen atoms in total. The minimum Gasteiger partial charge on any atom is -0.355 e. The van der Waals surface area contributed by atoms with Crippen molar-refractivity contribution in [3.63, 3.8) is 0 Å². The van der Waals surface area contributed by atoms with Crippen molar-refractivity contribution >= 4 is 11.8 Å². The molecule has 1 atom stereocenters. The van der Waals surface area contributed by atoms with Crippen molar-refractivity contribution in [3.8, 4) is 0 Å². The summed E-state index contributed by atoms with van der Waals surface area (Å²) in [6.07, 6.45) is 10.9. The molecule has 0 radical (unpaired) electrons. The van der Waals surface area contributed by atoms with Crippen molar-refractivity contribution in [2.45, 2.75) is 64.3 Å². The minimum absolute atomic E-state index is 0.182. The molecule has 156 valence electrons. The van der Waals surface area contributed by atoms with Crippen molar-refractivity contribution in [3.05, 3.63) is 18.0 Å². The third kappa shape index (κ3) is 6.06. The summed E-state index contributed by atoms with van der Waals surface area (Å²) in [6.45, 7) is 6.86. The summed E-state index contributed by atoms with van der Waals surface area (Å²) >= 11 is 0. The predicted octanol–water partition coefficient (Wildman–Crippen LogP) is 1.96. The van der Waals surface area contributed by atoms with Gasteiger partial charge in [-0.2, -0.15) is 5.10 Å². The van der Waals surface area contributed by atoms with E-state index in [1.54, 1.807) is 6.20 Å². The maximum absolute atomic E-state index is 12.4. The molecule has 3 rings (SSSR count). The molecule has 0 spiro atoms. The van der Waals surface area contributed by atoms with Crippen LogP contribution in [-0.4, -0.2) is 70.6 Å². The van der Waals surface area contributed by atoms with Gasteiger partial charge in [-0.1, -0.05) is 6.92 Å². The van der Waals surface area contributed by atoms with Crippen LogP contribution in [0.1, 0.15) is 57.4 Å². The van der Waals surface area contributed by atoms with E-state index < -0.39 is 0 Å². The lowest BCUT2D eigenvalue weighted by Crippen LogP contribution is -2.40. The first-order chi connectivity index (χ1) is 13.7. The van der Waals surface area contributed by atoms with Crippen LogP contribution in [0.25, 0.3) is 0 Å². The lowest BCUT2D eigenvalue weighted by atomic mass is 9.92. The summed E-state index contributed by atoms with van der Waals surface area (Å²) in [6, 6.07) is 0.519. The van der Waals surface area contributed by atoms with Crippen LogP contribution in [0, 0.1) is 5.92 Å². The number of amides is 2. The molecule has 1 aromatic heterocycles. The number of likely N-dealkylation sites (N-methyl/N-ethyl adjacent to an activating group) is 1. The normalized spacial score (nSPS) is 21.2. The van der Waals surface area contributed by atoms with Gasteiger partial charge < -0.3 is 10.2 Å². The molecule has 0 unspecified atom stereocenters. The highest BCUT2D eigenvalue weighted by atomic mass is 16.2. The van der Waals surface area contributed by atoms with E-state index in [-0.39, 0.29) is 11.8 Å². The van der Waals surface area contributed by atoms with Crippen LogP contribution in [0.5, 0.6) is 0 Å². The molecule has 7 heteroatoms. The average Bonchev–Trinajstić information content (AvgIpc) is 3.40. The second-order valence-corrected chi connectivity index (χ2v) is 8.20. The zero-order valence-electron chi connectivity index (χ0n) is 17.2. The van der Waals surface area contributed by atoms with Crippen molar-refractivity contribution in [2.75, 3.05) is 32.7 Å². The number of nitrogens with zero attached hydrogens (tertiary/aromatic N) is 3. The Balaban J connectivity index is 1.27. The zero-order chi connectivity index (χ0) is 19.8. The van der Waals surface area contributed by atoms with E-state index in [0.717, 1.165) is 64.0 Å². The first kappa shape index (κ1) is 20.8. The Morgan fingerprint density at radius 1 is 1.21 bits per heavy atom. The number of aromatic nitrogens is 2. The van der Waals surface area contributed by atoms with Gasteiger partial charge in [-0.3, -0.25) is 19.6 Å². The molecule has 2 saturated heterocycles. The SMILES string of the molecule is CCN1CCC[C@@H]1CNC(=O)CCC1CCN(C(=O)CCc2cn[nH]c2)CC1. The second kappa shape index (κ2) is 10.6. The molecule has 3 heterocycles. The molecule has 0 saturated carbocycles. The van der Waals surface area contributed by atoms with Crippen molar-refractivity contribution in [1.82, 2.24) is 25.3 Å². The fraction of sp³-hybridized carbons (Fsp3) is 0.762. The summed E-state index contributed by atoms with van der Waals surface area (Å²) in [4.78, 5) is 29.0. The molecular weight excluding hydrogens is 354 g/mol. The third-order valence-electron chi connectivity index (χ3n) is 6.37. The lowest BCUT2D eigenvalue weighted by molar-refractivity contribution is -0.132. The number of H-pyrrole nitrogens is 1. The zero-order valence-corrected chi connectivity index (χ0v) is 17.2. The Kier molecular flexibility index (Phi) is 7.89. The van der Waals surface area contributed by atoms with E-state index in [9.17, 15) is 9.59 Å². The van der Waals surface area contributed by atoms with Gasteiger partial charge in [0, 0.05) is 44.7 Å². The van der Waals surface area contributed by atoms with Crippen LogP contribution in [0.4, 0.5) is 0 Å². The van der Waals surface area contributed by atoms with E-state index in [1.165, 1.54) is 12.8 Å². The van der Waals surface area contributed by atoms with E-state index in [4.69, 9.17) is 0 Å². The van der Waals surface area contributed by atoms with Crippen LogP contribution in [0.3, 0.4) is 0 Å². The van der Waals surface area contributed by atoms with Gasteiger partial charge in [-0.05, 0) is 63.1 Å². The van der Waals surface area contributed by atoms with Gasteiger partial charge in [0.1, 0.15) is 0 Å². The summed E-state index contributed by atoms with van der Waals surface area (Å²) in [7, 11) is 0. The minimum atomic E-state index is 0.182. The van der Waals surface area contributed by atoms with Crippen molar-refractivity contribution in [2.24, 2.45) is 5.92 Å². The highest BCUT2D eigenvalue weighted by Gasteiger charge is 2.25. The molecule has 2 aliphatic rings.